The standard InChI is InChI=1S/C14H14N2O2S2/c1-3-18-14(17)11-8(2)16-13(19)10(6-15)12(11)9-4-5-20-7-9/h4-5,7,12,16,19H,3H2,1-2H3/t12-/m0/s1. The van der Waals surface area contributed by atoms with Crippen molar-refractivity contribution >= 4 is 29.9 Å². The highest BCUT2D eigenvalue weighted by Gasteiger charge is 2.34. The maximum absolute atomic E-state index is 12.2. The largest absolute Gasteiger partial charge is 0.463 e. The van der Waals surface area contributed by atoms with Crippen molar-refractivity contribution in [2.45, 2.75) is 19.8 Å². The Labute approximate surface area is 127 Å². The molecule has 4 nitrogen and oxygen atoms in total. The monoisotopic (exact) mass is 306 g/mol. The van der Waals surface area contributed by atoms with Crippen molar-refractivity contribution in [2.75, 3.05) is 6.61 Å². The molecule has 0 amide bonds. The van der Waals surface area contributed by atoms with Gasteiger partial charge in [-0.25, -0.2) is 4.79 Å². The lowest BCUT2D eigenvalue weighted by Gasteiger charge is -2.27. The third-order valence-corrected chi connectivity index (χ3v) is 4.09. The van der Waals surface area contributed by atoms with Gasteiger partial charge in [-0.3, -0.25) is 0 Å². The van der Waals surface area contributed by atoms with Gasteiger partial charge >= 0.3 is 5.97 Å². The number of thiophene rings is 1. The number of carbonyl (C=O) groups excluding carboxylic acids is 1. The number of hydrogen-bond acceptors (Lipinski definition) is 6. The smallest absolute Gasteiger partial charge is 0.336 e. The fourth-order valence-electron chi connectivity index (χ4n) is 2.18. The second-order valence-electron chi connectivity index (χ2n) is 4.25. The Hall–Kier alpha value is -1.71. The van der Waals surface area contributed by atoms with Crippen molar-refractivity contribution < 1.29 is 9.53 Å². The third kappa shape index (κ3) is 2.60. The van der Waals surface area contributed by atoms with Crippen LogP contribution in [0.5, 0.6) is 0 Å². The van der Waals surface area contributed by atoms with Crippen molar-refractivity contribution in [3.63, 3.8) is 0 Å². The van der Waals surface area contributed by atoms with E-state index >= 15 is 0 Å². The third-order valence-electron chi connectivity index (χ3n) is 3.03. The molecule has 1 atom stereocenters. The molecule has 6 heteroatoms. The predicted molar refractivity (Wildman–Crippen MR) is 81.2 cm³/mol. The summed E-state index contributed by atoms with van der Waals surface area (Å²) in [6, 6.07) is 4.05. The topological polar surface area (TPSA) is 62.1 Å². The van der Waals surface area contributed by atoms with Crippen LogP contribution in [0.25, 0.3) is 0 Å². The number of carbonyl (C=O) groups is 1. The second kappa shape index (κ2) is 6.16. The van der Waals surface area contributed by atoms with Gasteiger partial charge in [0.1, 0.15) is 0 Å². The summed E-state index contributed by atoms with van der Waals surface area (Å²) in [7, 11) is 0. The van der Waals surface area contributed by atoms with Crippen LogP contribution < -0.4 is 5.32 Å². The lowest BCUT2D eigenvalue weighted by atomic mass is 9.84. The first-order valence-corrected chi connectivity index (χ1v) is 7.49. The predicted octanol–water partition coefficient (Wildman–Crippen LogP) is 2.94. The molecule has 0 fully saturated rings. The van der Waals surface area contributed by atoms with Crippen molar-refractivity contribution in [3.05, 3.63) is 44.3 Å². The van der Waals surface area contributed by atoms with E-state index in [0.29, 0.717) is 28.5 Å². The number of nitriles is 1. The summed E-state index contributed by atoms with van der Waals surface area (Å²) in [5.41, 5.74) is 2.48. The molecule has 0 saturated carbocycles. The number of rotatable bonds is 3. The van der Waals surface area contributed by atoms with E-state index in [1.54, 1.807) is 13.8 Å². The Morgan fingerprint density at radius 3 is 2.95 bits per heavy atom. The van der Waals surface area contributed by atoms with Crippen molar-refractivity contribution in [1.82, 2.24) is 5.32 Å². The Bertz CT molecular complexity index is 624. The summed E-state index contributed by atoms with van der Waals surface area (Å²) in [6.07, 6.45) is 0. The van der Waals surface area contributed by atoms with Crippen molar-refractivity contribution in [3.8, 4) is 6.07 Å². The molecule has 0 bridgehead atoms. The van der Waals surface area contributed by atoms with Gasteiger partial charge in [-0.2, -0.15) is 16.6 Å². The first kappa shape index (κ1) is 14.7. The van der Waals surface area contributed by atoms with Crippen LogP contribution in [0, 0.1) is 11.3 Å². The molecule has 2 rings (SSSR count). The van der Waals surface area contributed by atoms with Crippen molar-refractivity contribution in [2.24, 2.45) is 0 Å². The summed E-state index contributed by atoms with van der Waals surface area (Å²) in [5.74, 6) is -0.818. The Morgan fingerprint density at radius 2 is 2.40 bits per heavy atom. The normalized spacial score (nSPS) is 18.6. The molecule has 1 aliphatic heterocycles. The number of dihydropyridines is 1. The van der Waals surface area contributed by atoms with Crippen LogP contribution >= 0.6 is 24.0 Å². The molecule has 0 unspecified atom stereocenters. The molecule has 1 aromatic rings. The van der Waals surface area contributed by atoms with Gasteiger partial charge in [-0.15, -0.1) is 12.6 Å². The van der Waals surface area contributed by atoms with Gasteiger partial charge in [0.05, 0.1) is 34.8 Å². The zero-order valence-electron chi connectivity index (χ0n) is 11.1. The summed E-state index contributed by atoms with van der Waals surface area (Å²) >= 11 is 5.83. The van der Waals surface area contributed by atoms with Crippen LogP contribution in [0.3, 0.4) is 0 Å². The van der Waals surface area contributed by atoms with Gasteiger partial charge in [0.25, 0.3) is 0 Å². The Kier molecular flexibility index (Phi) is 4.53. The molecule has 0 saturated heterocycles. The summed E-state index contributed by atoms with van der Waals surface area (Å²) < 4.78 is 5.12. The first-order chi connectivity index (χ1) is 9.60. The maximum atomic E-state index is 12.2. The SMILES string of the molecule is CCOC(=O)C1=C(C)NC(S)=C(C#N)[C@@H]1c1ccsc1. The molecular formula is C14H14N2O2S2. The van der Waals surface area contributed by atoms with Gasteiger partial charge in [0.2, 0.25) is 0 Å². The van der Waals surface area contributed by atoms with E-state index in [2.05, 4.69) is 24.0 Å². The number of nitrogens with one attached hydrogen (secondary N) is 1. The fourth-order valence-corrected chi connectivity index (χ4v) is 3.21. The Balaban J connectivity index is 2.55. The average molecular weight is 306 g/mol. The molecule has 0 spiro atoms. The molecule has 104 valence electrons. The van der Waals surface area contributed by atoms with Gasteiger partial charge < -0.3 is 10.1 Å². The number of esters is 1. The van der Waals surface area contributed by atoms with Crippen LogP contribution in [-0.4, -0.2) is 12.6 Å². The quantitative estimate of drug-likeness (QED) is 0.666. The maximum Gasteiger partial charge on any atom is 0.336 e. The molecule has 0 aliphatic carbocycles. The van der Waals surface area contributed by atoms with E-state index in [4.69, 9.17) is 4.74 Å². The van der Waals surface area contributed by atoms with E-state index in [9.17, 15) is 10.1 Å². The minimum atomic E-state index is -0.418. The van der Waals surface area contributed by atoms with Crippen LogP contribution in [0.15, 0.2) is 38.7 Å². The average Bonchev–Trinajstić information content (AvgIpc) is 2.91. The summed E-state index contributed by atoms with van der Waals surface area (Å²) in [6.45, 7) is 3.84. The van der Waals surface area contributed by atoms with Crippen molar-refractivity contribution in [1.29, 1.82) is 5.26 Å². The minimum Gasteiger partial charge on any atom is -0.463 e. The number of nitrogens with zero attached hydrogens (tertiary/aromatic N) is 1. The molecule has 0 radical (unpaired) electrons. The number of ether oxygens (including phenoxy) is 1. The molecule has 2 heterocycles. The number of thiol groups is 1. The summed E-state index contributed by atoms with van der Waals surface area (Å²) in [5, 5.41) is 16.7. The van der Waals surface area contributed by atoms with E-state index in [-0.39, 0.29) is 0 Å². The zero-order valence-corrected chi connectivity index (χ0v) is 12.8. The molecule has 0 aromatic carbocycles. The molecule has 1 N–H and O–H groups in total. The first-order valence-electron chi connectivity index (χ1n) is 6.10. The van der Waals surface area contributed by atoms with Crippen LogP contribution in [-0.2, 0) is 9.53 Å². The minimum absolute atomic E-state index is 0.297. The van der Waals surface area contributed by atoms with Crippen LogP contribution in [0.1, 0.15) is 25.3 Å². The van der Waals surface area contributed by atoms with Gasteiger partial charge in [-0.1, -0.05) is 0 Å². The highest BCUT2D eigenvalue weighted by molar-refractivity contribution is 7.84. The summed E-state index contributed by atoms with van der Waals surface area (Å²) in [4.78, 5) is 12.2. The number of hydrogen-bond donors (Lipinski definition) is 2. The van der Waals surface area contributed by atoms with Gasteiger partial charge in [-0.05, 0) is 36.2 Å². The molecule has 20 heavy (non-hydrogen) atoms. The van der Waals surface area contributed by atoms with Crippen LogP contribution in [0.4, 0.5) is 0 Å². The van der Waals surface area contributed by atoms with E-state index in [0.717, 1.165) is 5.56 Å². The lowest BCUT2D eigenvalue weighted by Crippen LogP contribution is -2.27. The number of allylic oxidation sites excluding steroid dienone is 2. The second-order valence-corrected chi connectivity index (χ2v) is 5.48. The molecular weight excluding hydrogens is 292 g/mol. The fraction of sp³-hybridized carbons (Fsp3) is 0.286. The van der Waals surface area contributed by atoms with Crippen LogP contribution in [0.2, 0.25) is 0 Å². The van der Waals surface area contributed by atoms with Gasteiger partial charge in [0, 0.05) is 5.70 Å². The van der Waals surface area contributed by atoms with E-state index in [1.807, 2.05) is 16.8 Å². The zero-order chi connectivity index (χ0) is 14.7. The highest BCUT2D eigenvalue weighted by atomic mass is 32.1. The van der Waals surface area contributed by atoms with E-state index < -0.39 is 11.9 Å². The molecule has 1 aliphatic rings. The highest BCUT2D eigenvalue weighted by Crippen LogP contribution is 2.39. The molecule has 1 aromatic heterocycles. The lowest BCUT2D eigenvalue weighted by molar-refractivity contribution is -0.138. The van der Waals surface area contributed by atoms with Gasteiger partial charge in [0.15, 0.2) is 0 Å². The Morgan fingerprint density at radius 1 is 1.65 bits per heavy atom. The van der Waals surface area contributed by atoms with E-state index in [1.165, 1.54) is 11.3 Å².